The third-order valence-corrected chi connectivity index (χ3v) is 5.33. The average Bonchev–Trinajstić information content (AvgIpc) is 3.07. The van der Waals surface area contributed by atoms with Crippen LogP contribution in [0.15, 0.2) is 61.1 Å². The van der Waals surface area contributed by atoms with Crippen LogP contribution in [0.4, 0.5) is 5.69 Å². The quantitative estimate of drug-likeness (QED) is 0.471. The van der Waals surface area contributed by atoms with Gasteiger partial charge in [0.15, 0.2) is 5.75 Å². The molecule has 1 aromatic carbocycles. The molecule has 4 rings (SSSR count). The first-order valence-corrected chi connectivity index (χ1v) is 10.2. The maximum atomic E-state index is 13.2. The Bertz CT molecular complexity index is 1250. The number of nitrogens with zero attached hydrogens (tertiary/aromatic N) is 3. The minimum absolute atomic E-state index is 0.0565. The molecule has 3 heterocycles. The fraction of sp³-hybridized carbons (Fsp3) is 0.240. The number of para-hydroxylation sites is 1. The van der Waals surface area contributed by atoms with Crippen LogP contribution in [0.25, 0.3) is 10.9 Å². The average molecular weight is 415 g/mol. The molecule has 0 aliphatic heterocycles. The second-order valence-electron chi connectivity index (χ2n) is 8.63. The summed E-state index contributed by atoms with van der Waals surface area (Å²) in [6, 6.07) is 13.3. The molecule has 3 aromatic heterocycles. The molecule has 0 aliphatic rings. The van der Waals surface area contributed by atoms with Crippen LogP contribution in [0, 0.1) is 6.92 Å². The second kappa shape index (κ2) is 7.87. The number of rotatable bonds is 4. The zero-order chi connectivity index (χ0) is 22.2. The number of ether oxygens (including phenoxy) is 1. The van der Waals surface area contributed by atoms with Crippen LogP contribution >= 0.6 is 0 Å². The molecule has 6 nitrogen and oxygen atoms in total. The minimum Gasteiger partial charge on any atom is -0.455 e. The largest absolute Gasteiger partial charge is 0.455 e. The summed E-state index contributed by atoms with van der Waals surface area (Å²) in [4.78, 5) is 21.7. The number of amides is 1. The smallest absolute Gasteiger partial charge is 0.272 e. The summed E-state index contributed by atoms with van der Waals surface area (Å²) in [5.74, 6) is 1.18. The molecule has 0 bridgehead atoms. The van der Waals surface area contributed by atoms with E-state index in [4.69, 9.17) is 4.74 Å². The van der Waals surface area contributed by atoms with E-state index in [0.717, 1.165) is 27.8 Å². The second-order valence-corrected chi connectivity index (χ2v) is 8.63. The number of hydrogen-bond acceptors (Lipinski definition) is 4. The number of anilines is 1. The lowest BCUT2D eigenvalue weighted by atomic mass is 9.88. The standard InChI is InChI=1S/C25H26N4O2/c1-16-20(14-18(15-27-16)25(2,3)4)28-24(30)21-13-17-7-6-8-22(23(17)29(21)5)31-19-9-11-26-12-10-19/h6-15H,1-5H3,(H,28,30). The predicted octanol–water partition coefficient (Wildman–Crippen LogP) is 5.62. The van der Waals surface area contributed by atoms with Crippen molar-refractivity contribution in [3.8, 4) is 11.5 Å². The van der Waals surface area contributed by atoms with Gasteiger partial charge in [-0.2, -0.15) is 0 Å². The van der Waals surface area contributed by atoms with Gasteiger partial charge in [0.1, 0.15) is 11.4 Å². The van der Waals surface area contributed by atoms with E-state index in [0.29, 0.717) is 17.2 Å². The lowest BCUT2D eigenvalue weighted by Gasteiger charge is -2.20. The van der Waals surface area contributed by atoms with Crippen LogP contribution in [-0.2, 0) is 12.5 Å². The number of fused-ring (bicyclic) bond motifs is 1. The first-order chi connectivity index (χ1) is 14.7. The van der Waals surface area contributed by atoms with Crippen molar-refractivity contribution < 1.29 is 9.53 Å². The normalized spacial score (nSPS) is 11.5. The van der Waals surface area contributed by atoms with Crippen molar-refractivity contribution in [1.29, 1.82) is 0 Å². The molecule has 0 radical (unpaired) electrons. The van der Waals surface area contributed by atoms with Gasteiger partial charge in [0.25, 0.3) is 5.91 Å². The zero-order valence-electron chi connectivity index (χ0n) is 18.4. The van der Waals surface area contributed by atoms with Crippen LogP contribution in [-0.4, -0.2) is 20.4 Å². The Morgan fingerprint density at radius 2 is 1.84 bits per heavy atom. The number of carbonyl (C=O) groups is 1. The van der Waals surface area contributed by atoms with Gasteiger partial charge in [-0.25, -0.2) is 0 Å². The number of nitrogens with one attached hydrogen (secondary N) is 1. The molecule has 0 unspecified atom stereocenters. The number of carbonyl (C=O) groups excluding carboxylic acids is 1. The highest BCUT2D eigenvalue weighted by atomic mass is 16.5. The van der Waals surface area contributed by atoms with Gasteiger partial charge in [0.2, 0.25) is 0 Å². The Kier molecular flexibility index (Phi) is 5.23. The molecule has 0 atom stereocenters. The number of aryl methyl sites for hydroxylation is 2. The summed E-state index contributed by atoms with van der Waals surface area (Å²) in [7, 11) is 1.87. The number of aromatic nitrogens is 3. The van der Waals surface area contributed by atoms with Gasteiger partial charge < -0.3 is 14.6 Å². The molecule has 0 saturated carbocycles. The van der Waals surface area contributed by atoms with E-state index in [9.17, 15) is 4.79 Å². The van der Waals surface area contributed by atoms with Crippen molar-refractivity contribution in [2.24, 2.45) is 7.05 Å². The summed E-state index contributed by atoms with van der Waals surface area (Å²) in [5, 5.41) is 3.97. The monoisotopic (exact) mass is 414 g/mol. The van der Waals surface area contributed by atoms with Gasteiger partial charge in [-0.1, -0.05) is 32.9 Å². The molecule has 0 fully saturated rings. The molecule has 0 spiro atoms. The summed E-state index contributed by atoms with van der Waals surface area (Å²) in [6.07, 6.45) is 5.23. The summed E-state index contributed by atoms with van der Waals surface area (Å²) in [6.45, 7) is 8.27. The SMILES string of the molecule is Cc1ncc(C(C)(C)C)cc1NC(=O)c1cc2cccc(Oc3ccncc3)c2n1C. The van der Waals surface area contributed by atoms with Crippen LogP contribution in [0.3, 0.4) is 0 Å². The zero-order valence-corrected chi connectivity index (χ0v) is 18.4. The first kappa shape index (κ1) is 20.6. The van der Waals surface area contributed by atoms with Crippen molar-refractivity contribution in [2.75, 3.05) is 5.32 Å². The summed E-state index contributed by atoms with van der Waals surface area (Å²) >= 11 is 0. The van der Waals surface area contributed by atoms with E-state index in [2.05, 4.69) is 36.1 Å². The Morgan fingerprint density at radius 1 is 1.10 bits per heavy atom. The molecule has 0 aliphatic carbocycles. The topological polar surface area (TPSA) is 69.0 Å². The Hall–Kier alpha value is -3.67. The van der Waals surface area contributed by atoms with Crippen molar-refractivity contribution >= 4 is 22.5 Å². The Morgan fingerprint density at radius 3 is 2.55 bits per heavy atom. The fourth-order valence-electron chi connectivity index (χ4n) is 3.47. The van der Waals surface area contributed by atoms with Gasteiger partial charge in [-0.05, 0) is 48.2 Å². The van der Waals surface area contributed by atoms with Gasteiger partial charge in [0.05, 0.1) is 16.9 Å². The predicted molar refractivity (Wildman–Crippen MR) is 123 cm³/mol. The van der Waals surface area contributed by atoms with Gasteiger partial charge in [-0.15, -0.1) is 0 Å². The van der Waals surface area contributed by atoms with E-state index in [1.54, 1.807) is 24.5 Å². The lowest BCUT2D eigenvalue weighted by molar-refractivity contribution is 0.101. The molecule has 31 heavy (non-hydrogen) atoms. The van der Waals surface area contributed by atoms with Crippen LogP contribution in [0.5, 0.6) is 11.5 Å². The van der Waals surface area contributed by atoms with Crippen molar-refractivity contribution in [3.63, 3.8) is 0 Å². The molecule has 4 aromatic rings. The Labute approximate surface area is 181 Å². The highest BCUT2D eigenvalue weighted by Crippen LogP contribution is 2.32. The maximum Gasteiger partial charge on any atom is 0.272 e. The van der Waals surface area contributed by atoms with E-state index in [-0.39, 0.29) is 11.3 Å². The lowest BCUT2D eigenvalue weighted by Crippen LogP contribution is -2.18. The van der Waals surface area contributed by atoms with Crippen LogP contribution in [0.1, 0.15) is 42.5 Å². The van der Waals surface area contributed by atoms with E-state index in [1.165, 1.54) is 0 Å². The van der Waals surface area contributed by atoms with Crippen molar-refractivity contribution in [1.82, 2.24) is 14.5 Å². The highest BCUT2D eigenvalue weighted by molar-refractivity contribution is 6.07. The van der Waals surface area contributed by atoms with Gasteiger partial charge in [0, 0.05) is 31.0 Å². The fourth-order valence-corrected chi connectivity index (χ4v) is 3.47. The van der Waals surface area contributed by atoms with E-state index < -0.39 is 0 Å². The highest BCUT2D eigenvalue weighted by Gasteiger charge is 2.20. The van der Waals surface area contributed by atoms with Crippen molar-refractivity contribution in [3.05, 3.63) is 78.0 Å². The molecular weight excluding hydrogens is 388 g/mol. The Balaban J connectivity index is 1.68. The molecule has 1 amide bonds. The summed E-state index contributed by atoms with van der Waals surface area (Å²) < 4.78 is 7.91. The number of hydrogen-bond donors (Lipinski definition) is 1. The summed E-state index contributed by atoms with van der Waals surface area (Å²) in [5.41, 5.74) is 3.90. The van der Waals surface area contributed by atoms with Gasteiger partial charge in [-0.3, -0.25) is 14.8 Å². The molecule has 158 valence electrons. The third kappa shape index (κ3) is 4.14. The van der Waals surface area contributed by atoms with E-state index in [1.807, 2.05) is 55.1 Å². The van der Waals surface area contributed by atoms with Crippen LogP contribution < -0.4 is 10.1 Å². The van der Waals surface area contributed by atoms with E-state index >= 15 is 0 Å². The number of benzene rings is 1. The van der Waals surface area contributed by atoms with Gasteiger partial charge >= 0.3 is 0 Å². The minimum atomic E-state index is -0.190. The maximum absolute atomic E-state index is 13.2. The first-order valence-electron chi connectivity index (χ1n) is 10.2. The third-order valence-electron chi connectivity index (χ3n) is 5.33. The van der Waals surface area contributed by atoms with Crippen molar-refractivity contribution in [2.45, 2.75) is 33.1 Å². The molecule has 6 heteroatoms. The van der Waals surface area contributed by atoms with Crippen LogP contribution in [0.2, 0.25) is 0 Å². The molecule has 0 saturated heterocycles. The molecule has 1 N–H and O–H groups in total. The number of pyridine rings is 2. The molecular formula is C25H26N4O2.